The molecule has 4 rings (SSSR count). The molecule has 0 aliphatic heterocycles. The third-order valence-electron chi connectivity index (χ3n) is 6.91. The maximum absolute atomic E-state index is 12.0. The van der Waals surface area contributed by atoms with Gasteiger partial charge in [-0.05, 0) is 99.5 Å². The summed E-state index contributed by atoms with van der Waals surface area (Å²) < 4.78 is 5.08. The van der Waals surface area contributed by atoms with Gasteiger partial charge in [0.1, 0.15) is 0 Å². The molecule has 0 radical (unpaired) electrons. The van der Waals surface area contributed by atoms with Gasteiger partial charge >= 0.3 is 5.97 Å². The second kappa shape index (κ2) is 9.69. The van der Waals surface area contributed by atoms with Crippen LogP contribution in [0.25, 0.3) is 21.9 Å². The number of rotatable bonds is 4. The number of ether oxygens (including phenoxy) is 1. The molecule has 0 saturated carbocycles. The van der Waals surface area contributed by atoms with Crippen LogP contribution in [0.15, 0.2) is 48.5 Å². The van der Waals surface area contributed by atoms with Crippen LogP contribution in [0.1, 0.15) is 88.4 Å². The summed E-state index contributed by atoms with van der Waals surface area (Å²) in [4.78, 5) is 12.0. The summed E-state index contributed by atoms with van der Waals surface area (Å²) >= 11 is 0. The van der Waals surface area contributed by atoms with Crippen molar-refractivity contribution < 1.29 is 14.6 Å². The van der Waals surface area contributed by atoms with E-state index in [-0.39, 0.29) is 23.4 Å². The molecule has 0 fully saturated rings. The molecule has 0 spiro atoms. The van der Waals surface area contributed by atoms with Gasteiger partial charge in [0.05, 0.1) is 18.8 Å². The number of aliphatic hydroxyl groups excluding tert-OH is 1. The van der Waals surface area contributed by atoms with E-state index in [1.165, 1.54) is 17.5 Å². The van der Waals surface area contributed by atoms with E-state index in [0.29, 0.717) is 12.2 Å². The minimum atomic E-state index is -0.305. The molecule has 176 valence electrons. The summed E-state index contributed by atoms with van der Waals surface area (Å²) in [7, 11) is 0. The van der Waals surface area contributed by atoms with E-state index >= 15 is 0 Å². The molecule has 3 aromatic rings. The molecular formula is C30H38O3. The zero-order valence-corrected chi connectivity index (χ0v) is 21.2. The predicted molar refractivity (Wildman–Crippen MR) is 138 cm³/mol. The van der Waals surface area contributed by atoms with E-state index in [4.69, 9.17) is 4.74 Å². The quantitative estimate of drug-likeness (QED) is 0.421. The molecule has 0 saturated heterocycles. The Bertz CT molecular complexity index is 1140. The summed E-state index contributed by atoms with van der Waals surface area (Å²) in [5.74, 6) is -0.305. The Labute approximate surface area is 198 Å². The first-order valence-electron chi connectivity index (χ1n) is 12.2. The van der Waals surface area contributed by atoms with Gasteiger partial charge in [-0.15, -0.1) is 0 Å². The van der Waals surface area contributed by atoms with Crippen molar-refractivity contribution in [3.05, 3.63) is 70.8 Å². The Morgan fingerprint density at radius 2 is 1.45 bits per heavy atom. The van der Waals surface area contributed by atoms with Gasteiger partial charge in [0.15, 0.2) is 0 Å². The van der Waals surface area contributed by atoms with Gasteiger partial charge in [0.2, 0.25) is 0 Å². The second-order valence-corrected chi connectivity index (χ2v) is 9.98. The van der Waals surface area contributed by atoms with Gasteiger partial charge in [0.25, 0.3) is 0 Å². The van der Waals surface area contributed by atoms with Gasteiger partial charge in [-0.25, -0.2) is 4.79 Å². The maximum Gasteiger partial charge on any atom is 0.338 e. The first kappa shape index (κ1) is 25.0. The van der Waals surface area contributed by atoms with E-state index in [1.807, 2.05) is 26.0 Å². The van der Waals surface area contributed by atoms with Crippen molar-refractivity contribution in [3.63, 3.8) is 0 Å². The standard InChI is InChI=1S/C28H32O3.C2H6/c1-6-31-26(30)19-9-7-18(8-10-19)20-13-21-15-24-25(16-23(21)22(14-20)17-29)28(4,5)12-11-27(24,2)3;1-2/h7-10,13-16,29H,6,11-12,17H2,1-5H3;1-2H3. The number of benzene rings is 3. The minimum Gasteiger partial charge on any atom is -0.462 e. The molecule has 0 unspecified atom stereocenters. The SMILES string of the molecule is CC.CCOC(=O)c1ccc(-c2cc(CO)c3cc4c(cc3c2)C(C)(C)CCC4(C)C)cc1. The molecule has 1 N–H and O–H groups in total. The highest BCUT2D eigenvalue weighted by Gasteiger charge is 2.37. The lowest BCUT2D eigenvalue weighted by Gasteiger charge is -2.42. The van der Waals surface area contributed by atoms with Crippen LogP contribution in [0.3, 0.4) is 0 Å². The fourth-order valence-corrected chi connectivity index (χ4v) is 4.81. The maximum atomic E-state index is 12.0. The van der Waals surface area contributed by atoms with Crippen molar-refractivity contribution in [2.24, 2.45) is 0 Å². The number of carbonyl (C=O) groups excluding carboxylic acids is 1. The highest BCUT2D eigenvalue weighted by molar-refractivity contribution is 5.93. The van der Waals surface area contributed by atoms with Crippen molar-refractivity contribution in [1.82, 2.24) is 0 Å². The lowest BCUT2D eigenvalue weighted by Crippen LogP contribution is -2.33. The van der Waals surface area contributed by atoms with Crippen molar-refractivity contribution in [2.45, 2.75) is 78.7 Å². The van der Waals surface area contributed by atoms with Crippen LogP contribution in [0.5, 0.6) is 0 Å². The molecule has 1 aliphatic rings. The lowest BCUT2D eigenvalue weighted by atomic mass is 9.62. The number of hydrogen-bond donors (Lipinski definition) is 1. The molecule has 0 aromatic heterocycles. The zero-order valence-electron chi connectivity index (χ0n) is 21.2. The van der Waals surface area contributed by atoms with Crippen LogP contribution in [0, 0.1) is 0 Å². The van der Waals surface area contributed by atoms with Crippen LogP contribution < -0.4 is 0 Å². The topological polar surface area (TPSA) is 46.5 Å². The van der Waals surface area contributed by atoms with Gasteiger partial charge in [-0.3, -0.25) is 0 Å². The van der Waals surface area contributed by atoms with E-state index < -0.39 is 0 Å². The first-order chi connectivity index (χ1) is 15.7. The van der Waals surface area contributed by atoms with Gasteiger partial charge in [0, 0.05) is 0 Å². The molecule has 3 heteroatoms. The van der Waals surface area contributed by atoms with E-state index in [2.05, 4.69) is 52.0 Å². The Morgan fingerprint density at radius 1 is 0.879 bits per heavy atom. The molecule has 1 aliphatic carbocycles. The number of fused-ring (bicyclic) bond motifs is 2. The summed E-state index contributed by atoms with van der Waals surface area (Å²) in [6, 6.07) is 16.4. The molecular weight excluding hydrogens is 408 g/mol. The molecule has 3 nitrogen and oxygen atoms in total. The molecule has 3 aromatic carbocycles. The minimum absolute atomic E-state index is 0.00609. The Balaban J connectivity index is 0.00000149. The van der Waals surface area contributed by atoms with E-state index in [0.717, 1.165) is 33.9 Å². The summed E-state index contributed by atoms with van der Waals surface area (Å²) in [6.07, 6.45) is 2.33. The first-order valence-corrected chi connectivity index (χ1v) is 12.2. The number of aliphatic hydroxyl groups is 1. The van der Waals surface area contributed by atoms with Crippen molar-refractivity contribution >= 4 is 16.7 Å². The van der Waals surface area contributed by atoms with E-state index in [1.54, 1.807) is 19.1 Å². The van der Waals surface area contributed by atoms with Crippen LogP contribution in [0.4, 0.5) is 0 Å². The fourth-order valence-electron chi connectivity index (χ4n) is 4.81. The smallest absolute Gasteiger partial charge is 0.338 e. The number of carbonyl (C=O) groups is 1. The Kier molecular flexibility index (Phi) is 7.33. The van der Waals surface area contributed by atoms with Crippen LogP contribution in [-0.2, 0) is 22.2 Å². The number of esters is 1. The summed E-state index contributed by atoms with van der Waals surface area (Å²) in [5, 5.41) is 12.4. The largest absolute Gasteiger partial charge is 0.462 e. The third-order valence-corrected chi connectivity index (χ3v) is 6.91. The normalized spacial score (nSPS) is 15.9. The summed E-state index contributed by atoms with van der Waals surface area (Å²) in [6.45, 7) is 15.5. The van der Waals surface area contributed by atoms with Crippen molar-refractivity contribution in [3.8, 4) is 11.1 Å². The summed E-state index contributed by atoms with van der Waals surface area (Å²) in [5.41, 5.74) is 6.62. The molecule has 0 atom stereocenters. The zero-order chi connectivity index (χ0) is 24.4. The Morgan fingerprint density at radius 3 is 2.00 bits per heavy atom. The fraction of sp³-hybridized carbons (Fsp3) is 0.433. The molecule has 0 amide bonds. The monoisotopic (exact) mass is 446 g/mol. The average molecular weight is 447 g/mol. The van der Waals surface area contributed by atoms with Gasteiger partial charge in [-0.1, -0.05) is 59.7 Å². The molecule has 0 bridgehead atoms. The molecule has 33 heavy (non-hydrogen) atoms. The Hall–Kier alpha value is -2.65. The van der Waals surface area contributed by atoms with Crippen molar-refractivity contribution in [2.75, 3.05) is 6.61 Å². The van der Waals surface area contributed by atoms with Crippen LogP contribution in [-0.4, -0.2) is 17.7 Å². The second-order valence-electron chi connectivity index (χ2n) is 9.98. The predicted octanol–water partition coefficient (Wildman–Crippen LogP) is 7.55. The van der Waals surface area contributed by atoms with Crippen molar-refractivity contribution in [1.29, 1.82) is 0 Å². The van der Waals surface area contributed by atoms with E-state index in [9.17, 15) is 9.90 Å². The van der Waals surface area contributed by atoms with Gasteiger partial charge in [-0.2, -0.15) is 0 Å². The third kappa shape index (κ3) is 4.84. The van der Waals surface area contributed by atoms with Gasteiger partial charge < -0.3 is 9.84 Å². The average Bonchev–Trinajstić information content (AvgIpc) is 2.82. The highest BCUT2D eigenvalue weighted by atomic mass is 16.5. The van der Waals surface area contributed by atoms with Crippen LogP contribution >= 0.6 is 0 Å². The lowest BCUT2D eigenvalue weighted by molar-refractivity contribution is 0.0526. The van der Waals surface area contributed by atoms with Crippen LogP contribution in [0.2, 0.25) is 0 Å². The molecule has 0 heterocycles. The number of hydrogen-bond acceptors (Lipinski definition) is 3. The highest BCUT2D eigenvalue weighted by Crippen LogP contribution is 2.47.